The molecule has 3 atom stereocenters. The van der Waals surface area contributed by atoms with Gasteiger partial charge in [-0.25, -0.2) is 9.18 Å². The number of alkyl halides is 1. The number of likely N-dealkylation sites (tertiary alicyclic amines) is 1. The van der Waals surface area contributed by atoms with Crippen LogP contribution in [0.1, 0.15) is 80.3 Å². The molecular weight excluding hydrogens is 619 g/mol. The number of ether oxygens (including phenoxy) is 4. The molecule has 3 aliphatic rings. The van der Waals surface area contributed by atoms with Gasteiger partial charge in [-0.15, -0.1) is 0 Å². The van der Waals surface area contributed by atoms with Crippen LogP contribution in [-0.4, -0.2) is 94.6 Å². The molecule has 3 fully saturated rings. The lowest BCUT2D eigenvalue weighted by Gasteiger charge is -2.37. The molecule has 0 radical (unpaired) electrons. The third-order valence-corrected chi connectivity index (χ3v) is 10.9. The van der Waals surface area contributed by atoms with Gasteiger partial charge in [0, 0.05) is 57.6 Å². The number of carbonyl (C=O) groups is 3. The summed E-state index contributed by atoms with van der Waals surface area (Å²) < 4.78 is 40.3. The fraction of sp³-hybridized carbons (Fsp3) is 0.703. The summed E-state index contributed by atoms with van der Waals surface area (Å²) in [7, 11) is 3.37. The summed E-state index contributed by atoms with van der Waals surface area (Å²) in [5, 5.41) is 0.715. The molecule has 266 valence electrons. The van der Waals surface area contributed by atoms with Gasteiger partial charge < -0.3 is 34.0 Å². The lowest BCUT2D eigenvalue weighted by atomic mass is 9.74. The van der Waals surface area contributed by atoms with Gasteiger partial charge in [0.15, 0.2) is 5.78 Å². The Kier molecular flexibility index (Phi) is 13.4. The molecule has 10 nitrogen and oxygen atoms in total. The number of nitrogens with zero attached hydrogens (tertiary/aromatic N) is 1. The topological polar surface area (TPSA) is 131 Å². The number of furan rings is 1. The minimum absolute atomic E-state index is 0.0445. The smallest absolute Gasteiger partial charge is 0.374 e. The highest BCUT2D eigenvalue weighted by molar-refractivity contribution is 5.94. The van der Waals surface area contributed by atoms with E-state index in [1.165, 1.54) is 0 Å². The monoisotopic (exact) mass is 672 g/mol. The van der Waals surface area contributed by atoms with E-state index in [1.54, 1.807) is 26.4 Å². The van der Waals surface area contributed by atoms with Gasteiger partial charge in [0.1, 0.15) is 12.3 Å². The number of esters is 1. The van der Waals surface area contributed by atoms with Crippen LogP contribution in [0.2, 0.25) is 0 Å². The number of halogens is 1. The molecule has 1 aromatic carbocycles. The zero-order chi connectivity index (χ0) is 34.0. The molecule has 0 unspecified atom stereocenters. The van der Waals surface area contributed by atoms with E-state index in [0.717, 1.165) is 50.5 Å². The number of benzene rings is 1. The zero-order valence-electron chi connectivity index (χ0n) is 28.5. The molecule has 2 N–H and O–H groups in total. The van der Waals surface area contributed by atoms with Gasteiger partial charge >= 0.3 is 5.97 Å². The summed E-state index contributed by atoms with van der Waals surface area (Å²) in [5.74, 6) is 0.0811. The van der Waals surface area contributed by atoms with Crippen molar-refractivity contribution in [1.29, 1.82) is 0 Å². The normalized spacial score (nSPS) is 26.9. The van der Waals surface area contributed by atoms with Crippen molar-refractivity contribution in [1.82, 2.24) is 4.90 Å². The number of rotatable bonds is 16. The van der Waals surface area contributed by atoms with Gasteiger partial charge in [-0.1, -0.05) is 6.07 Å². The van der Waals surface area contributed by atoms with Crippen molar-refractivity contribution in [2.24, 2.45) is 29.4 Å². The number of ketones is 1. The molecule has 1 aromatic heterocycles. The first-order valence-electron chi connectivity index (χ1n) is 17.8. The van der Waals surface area contributed by atoms with E-state index in [2.05, 4.69) is 0 Å². The molecular formula is C37H53FN2O8. The summed E-state index contributed by atoms with van der Waals surface area (Å²) in [6.45, 7) is 1.72. The van der Waals surface area contributed by atoms with Crippen molar-refractivity contribution in [3.63, 3.8) is 0 Å². The van der Waals surface area contributed by atoms with Crippen LogP contribution in [0.3, 0.4) is 0 Å². The molecule has 0 bridgehead atoms. The Balaban J connectivity index is 1.25. The maximum Gasteiger partial charge on any atom is 0.374 e. The van der Waals surface area contributed by atoms with Gasteiger partial charge in [-0.05, 0) is 99.3 Å². The second-order valence-electron chi connectivity index (χ2n) is 13.9. The van der Waals surface area contributed by atoms with Gasteiger partial charge in [-0.3, -0.25) is 9.59 Å². The average Bonchev–Trinajstić information content (AvgIpc) is 3.76. The summed E-state index contributed by atoms with van der Waals surface area (Å²) in [4.78, 5) is 42.8. The van der Waals surface area contributed by atoms with Crippen molar-refractivity contribution in [3.8, 4) is 0 Å². The first-order chi connectivity index (χ1) is 23.3. The Morgan fingerprint density at radius 1 is 0.958 bits per heavy atom. The van der Waals surface area contributed by atoms with Crippen molar-refractivity contribution >= 4 is 28.6 Å². The SMILES string of the molecule is COCCOCCCOC(=O)c1cc2cc(CC(=O)[C@H]3[C@@H](C4CCC(OC)CC4)CCN3C(=O)C3CCC([C@H](N)CF)CC3)ccc2o1. The Labute approximate surface area is 283 Å². The fourth-order valence-corrected chi connectivity index (χ4v) is 8.13. The Bertz CT molecular complexity index is 1350. The quantitative estimate of drug-likeness (QED) is 0.187. The highest BCUT2D eigenvalue weighted by atomic mass is 19.1. The number of hydrogen-bond donors (Lipinski definition) is 1. The van der Waals surface area contributed by atoms with Crippen LogP contribution in [0.15, 0.2) is 28.7 Å². The second-order valence-corrected chi connectivity index (χ2v) is 13.9. The van der Waals surface area contributed by atoms with Crippen molar-refractivity contribution < 1.29 is 42.1 Å². The summed E-state index contributed by atoms with van der Waals surface area (Å²) >= 11 is 0. The van der Waals surface area contributed by atoms with Crippen molar-refractivity contribution in [2.75, 3.05) is 53.9 Å². The molecule has 2 saturated carbocycles. The lowest BCUT2D eigenvalue weighted by molar-refractivity contribution is -0.143. The van der Waals surface area contributed by atoms with E-state index in [-0.39, 0.29) is 54.3 Å². The van der Waals surface area contributed by atoms with Crippen LogP contribution in [-0.2, 0) is 35.0 Å². The highest BCUT2D eigenvalue weighted by Crippen LogP contribution is 2.42. The first-order valence-corrected chi connectivity index (χ1v) is 17.8. The third kappa shape index (κ3) is 9.02. The molecule has 48 heavy (non-hydrogen) atoms. The van der Waals surface area contributed by atoms with Crippen LogP contribution < -0.4 is 5.73 Å². The molecule has 2 aromatic rings. The summed E-state index contributed by atoms with van der Waals surface area (Å²) in [5.41, 5.74) is 7.32. The Morgan fingerprint density at radius 3 is 2.44 bits per heavy atom. The number of nitrogens with two attached hydrogens (primary N) is 1. The second kappa shape index (κ2) is 17.7. The predicted octanol–water partition coefficient (Wildman–Crippen LogP) is 5.28. The van der Waals surface area contributed by atoms with Crippen LogP contribution >= 0.6 is 0 Å². The van der Waals surface area contributed by atoms with Crippen LogP contribution in [0.4, 0.5) is 4.39 Å². The summed E-state index contributed by atoms with van der Waals surface area (Å²) in [6.07, 6.45) is 8.57. The van der Waals surface area contributed by atoms with Gasteiger partial charge in [0.2, 0.25) is 11.7 Å². The Morgan fingerprint density at radius 2 is 1.73 bits per heavy atom. The van der Waals surface area contributed by atoms with Gasteiger partial charge in [-0.2, -0.15) is 0 Å². The average molecular weight is 673 g/mol. The van der Waals surface area contributed by atoms with Crippen LogP contribution in [0, 0.1) is 23.7 Å². The largest absolute Gasteiger partial charge is 0.460 e. The van der Waals surface area contributed by atoms with E-state index in [4.69, 9.17) is 29.1 Å². The maximum atomic E-state index is 14.3. The van der Waals surface area contributed by atoms with E-state index >= 15 is 0 Å². The molecule has 1 saturated heterocycles. The standard InChI is InChI=1S/C37H53FN2O8/c1-44-18-19-46-16-3-17-47-37(43)34-22-28-20-24(4-13-33(28)48-34)21-32(41)35-30(25-9-11-29(45-2)12-10-25)14-15-40(35)36(42)27-7-5-26(6-8-27)31(39)23-38/h4,13,20,22,25-27,29-31,35H,3,5-12,14-19,21,23,39H2,1-2H3/t25?,26?,27?,29?,30-,31-,35-/m1/s1. The maximum absolute atomic E-state index is 14.3. The minimum atomic E-state index is -0.549. The van der Waals surface area contributed by atoms with Gasteiger partial charge in [0.25, 0.3) is 0 Å². The third-order valence-electron chi connectivity index (χ3n) is 10.9. The van der Waals surface area contributed by atoms with E-state index < -0.39 is 24.7 Å². The lowest BCUT2D eigenvalue weighted by Crippen LogP contribution is -2.48. The number of carbonyl (C=O) groups excluding carboxylic acids is 3. The minimum Gasteiger partial charge on any atom is -0.460 e. The Hall–Kier alpha value is -2.86. The number of fused-ring (bicyclic) bond motifs is 1. The van der Waals surface area contributed by atoms with E-state index in [9.17, 15) is 18.8 Å². The molecule has 1 amide bonds. The van der Waals surface area contributed by atoms with Gasteiger partial charge in [0.05, 0.1) is 32.0 Å². The van der Waals surface area contributed by atoms with Crippen molar-refractivity contribution in [2.45, 2.75) is 88.8 Å². The molecule has 11 heteroatoms. The first kappa shape index (κ1) is 36.4. The van der Waals surface area contributed by atoms with Crippen molar-refractivity contribution in [3.05, 3.63) is 35.6 Å². The fourth-order valence-electron chi connectivity index (χ4n) is 8.13. The molecule has 0 spiro atoms. The van der Waals surface area contributed by atoms with Crippen LogP contribution in [0.5, 0.6) is 0 Å². The number of Topliss-reactive ketones (excluding diaryl/α,β-unsaturated/α-hetero) is 1. The molecule has 2 heterocycles. The van der Waals surface area contributed by atoms with E-state index in [0.29, 0.717) is 62.5 Å². The highest BCUT2D eigenvalue weighted by Gasteiger charge is 2.47. The molecule has 5 rings (SSSR count). The predicted molar refractivity (Wildman–Crippen MR) is 178 cm³/mol. The van der Waals surface area contributed by atoms with E-state index in [1.807, 2.05) is 17.0 Å². The van der Waals surface area contributed by atoms with Crippen LogP contribution in [0.25, 0.3) is 11.0 Å². The molecule has 2 aliphatic carbocycles. The summed E-state index contributed by atoms with van der Waals surface area (Å²) in [6, 6.07) is 6.21. The molecule has 1 aliphatic heterocycles. The number of hydrogen-bond acceptors (Lipinski definition) is 9. The zero-order valence-corrected chi connectivity index (χ0v) is 28.5. The number of methoxy groups -OCH3 is 2. The number of amides is 1.